The Morgan fingerprint density at radius 3 is 2.56 bits per heavy atom. The van der Waals surface area contributed by atoms with Crippen LogP contribution in [-0.4, -0.2) is 27.1 Å². The Labute approximate surface area is 186 Å². The summed E-state index contributed by atoms with van der Waals surface area (Å²) in [7, 11) is -4.14. The number of fused-ring (bicyclic) bond motifs is 1. The largest absolute Gasteiger partial charge is 0.457 e. The Morgan fingerprint density at radius 2 is 1.88 bits per heavy atom. The number of ether oxygens (including phenoxy) is 2. The Bertz CT molecular complexity index is 1370. The SMILES string of the molecule is CCOC(=O)Nc1ccc2c(COC(=O)c3ccc(Cl)c(S(N)(=O)=O)c3)cc(=O)oc2c1. The van der Waals surface area contributed by atoms with Crippen molar-refractivity contribution in [2.24, 2.45) is 5.14 Å². The van der Waals surface area contributed by atoms with Crippen molar-refractivity contribution in [2.75, 3.05) is 11.9 Å². The molecule has 10 nitrogen and oxygen atoms in total. The Morgan fingerprint density at radius 1 is 1.12 bits per heavy atom. The second-order valence-electron chi connectivity index (χ2n) is 6.41. The van der Waals surface area contributed by atoms with Crippen LogP contribution >= 0.6 is 11.6 Å². The summed E-state index contributed by atoms with van der Waals surface area (Å²) in [6.45, 7) is 1.54. The molecule has 0 aliphatic rings. The smallest absolute Gasteiger partial charge is 0.411 e. The highest BCUT2D eigenvalue weighted by atomic mass is 35.5. The molecule has 3 rings (SSSR count). The number of rotatable bonds is 6. The van der Waals surface area contributed by atoms with Gasteiger partial charge in [0.2, 0.25) is 10.0 Å². The molecular formula is C20H17ClN2O8S. The molecule has 32 heavy (non-hydrogen) atoms. The first kappa shape index (κ1) is 23.3. The van der Waals surface area contributed by atoms with E-state index in [2.05, 4.69) is 5.32 Å². The zero-order valence-electron chi connectivity index (χ0n) is 16.6. The number of nitrogens with one attached hydrogen (secondary N) is 1. The van der Waals surface area contributed by atoms with Gasteiger partial charge in [0.25, 0.3) is 0 Å². The van der Waals surface area contributed by atoms with Gasteiger partial charge in [-0.1, -0.05) is 11.6 Å². The minimum atomic E-state index is -4.14. The van der Waals surface area contributed by atoms with Crippen molar-refractivity contribution in [3.05, 3.63) is 69.0 Å². The van der Waals surface area contributed by atoms with Crippen molar-refractivity contribution in [1.29, 1.82) is 0 Å². The molecule has 0 atom stereocenters. The fourth-order valence-corrected chi connectivity index (χ4v) is 3.86. The number of halogens is 1. The quantitative estimate of drug-likeness (QED) is 0.403. The Balaban J connectivity index is 1.84. The molecule has 168 valence electrons. The molecule has 0 unspecified atom stereocenters. The molecule has 0 saturated heterocycles. The number of hydrogen-bond donors (Lipinski definition) is 2. The average Bonchev–Trinajstić information content (AvgIpc) is 2.71. The highest BCUT2D eigenvalue weighted by Gasteiger charge is 2.18. The minimum Gasteiger partial charge on any atom is -0.457 e. The molecule has 1 heterocycles. The molecule has 0 fully saturated rings. The Kier molecular flexibility index (Phi) is 6.82. The maximum Gasteiger partial charge on any atom is 0.411 e. The third-order valence-corrected chi connectivity index (χ3v) is 5.58. The van der Waals surface area contributed by atoms with Gasteiger partial charge in [0.05, 0.1) is 17.2 Å². The predicted molar refractivity (Wildman–Crippen MR) is 115 cm³/mol. The molecule has 0 spiro atoms. The van der Waals surface area contributed by atoms with E-state index in [1.165, 1.54) is 18.2 Å². The van der Waals surface area contributed by atoms with Crippen LogP contribution in [0, 0.1) is 0 Å². The maximum atomic E-state index is 12.4. The molecule has 0 saturated carbocycles. The van der Waals surface area contributed by atoms with Crippen LogP contribution in [0.15, 0.2) is 56.6 Å². The lowest BCUT2D eigenvalue weighted by Crippen LogP contribution is -2.14. The predicted octanol–water partition coefficient (Wildman–Crippen LogP) is 3.02. The second-order valence-corrected chi connectivity index (χ2v) is 8.35. The lowest BCUT2D eigenvalue weighted by molar-refractivity contribution is 0.0473. The molecule has 3 aromatic rings. The standard InChI is InChI=1S/C20H17ClN2O8S/c1-2-29-20(26)23-13-4-5-14-12(8-18(24)31-16(14)9-13)10-30-19(25)11-3-6-15(21)17(7-11)32(22,27)28/h3-9H,2,10H2,1H3,(H,23,26)(H2,22,27,28). The van der Waals surface area contributed by atoms with E-state index < -0.39 is 32.6 Å². The average molecular weight is 481 g/mol. The number of carbonyl (C=O) groups excluding carboxylic acids is 2. The van der Waals surface area contributed by atoms with Crippen LogP contribution in [-0.2, 0) is 26.1 Å². The van der Waals surface area contributed by atoms with Crippen LogP contribution in [0.25, 0.3) is 11.0 Å². The normalized spacial score (nSPS) is 11.2. The maximum absolute atomic E-state index is 12.4. The number of esters is 1. The van der Waals surface area contributed by atoms with Gasteiger partial charge in [0.15, 0.2) is 0 Å². The summed E-state index contributed by atoms with van der Waals surface area (Å²) in [5.74, 6) is -0.853. The van der Waals surface area contributed by atoms with Crippen molar-refractivity contribution in [3.63, 3.8) is 0 Å². The van der Waals surface area contributed by atoms with Crippen LogP contribution in [0.4, 0.5) is 10.5 Å². The van der Waals surface area contributed by atoms with Gasteiger partial charge in [-0.15, -0.1) is 0 Å². The van der Waals surface area contributed by atoms with E-state index in [4.69, 9.17) is 30.6 Å². The molecule has 2 aromatic carbocycles. The van der Waals surface area contributed by atoms with Gasteiger partial charge in [0, 0.05) is 28.8 Å². The van der Waals surface area contributed by atoms with Crippen LogP contribution in [0.5, 0.6) is 0 Å². The number of sulfonamides is 1. The van der Waals surface area contributed by atoms with Crippen molar-refractivity contribution < 1.29 is 31.9 Å². The fourth-order valence-electron chi connectivity index (χ4n) is 2.79. The van der Waals surface area contributed by atoms with Crippen LogP contribution in [0.2, 0.25) is 5.02 Å². The van der Waals surface area contributed by atoms with Crippen LogP contribution in [0.3, 0.4) is 0 Å². The van der Waals surface area contributed by atoms with Crippen molar-refractivity contribution in [1.82, 2.24) is 0 Å². The van der Waals surface area contributed by atoms with E-state index in [1.54, 1.807) is 19.1 Å². The van der Waals surface area contributed by atoms with E-state index in [-0.39, 0.29) is 29.4 Å². The van der Waals surface area contributed by atoms with E-state index in [0.717, 1.165) is 12.1 Å². The first-order chi connectivity index (χ1) is 15.1. The molecular weight excluding hydrogens is 464 g/mol. The zero-order valence-corrected chi connectivity index (χ0v) is 18.2. The van der Waals surface area contributed by atoms with Gasteiger partial charge in [-0.3, -0.25) is 5.32 Å². The lowest BCUT2D eigenvalue weighted by Gasteiger charge is -2.10. The molecule has 0 aliphatic heterocycles. The van der Waals surface area contributed by atoms with Gasteiger partial charge >= 0.3 is 17.7 Å². The van der Waals surface area contributed by atoms with Gasteiger partial charge < -0.3 is 13.9 Å². The monoisotopic (exact) mass is 480 g/mol. The number of nitrogens with two attached hydrogens (primary N) is 1. The number of hydrogen-bond acceptors (Lipinski definition) is 8. The van der Waals surface area contributed by atoms with Crippen molar-refractivity contribution in [2.45, 2.75) is 18.4 Å². The van der Waals surface area contributed by atoms with E-state index in [0.29, 0.717) is 16.6 Å². The van der Waals surface area contributed by atoms with E-state index >= 15 is 0 Å². The topological polar surface area (TPSA) is 155 Å². The minimum absolute atomic E-state index is 0.0911. The second kappa shape index (κ2) is 9.39. The van der Waals surface area contributed by atoms with Crippen molar-refractivity contribution in [3.8, 4) is 0 Å². The van der Waals surface area contributed by atoms with E-state index in [1.807, 2.05) is 0 Å². The number of benzene rings is 2. The molecule has 0 radical (unpaired) electrons. The first-order valence-electron chi connectivity index (χ1n) is 9.08. The summed E-state index contributed by atoms with van der Waals surface area (Å²) in [5.41, 5.74) is 0.0464. The molecule has 12 heteroatoms. The highest BCUT2D eigenvalue weighted by molar-refractivity contribution is 7.89. The highest BCUT2D eigenvalue weighted by Crippen LogP contribution is 2.24. The summed E-state index contributed by atoms with van der Waals surface area (Å²) in [5, 5.41) is 7.90. The molecule has 0 bridgehead atoms. The van der Waals surface area contributed by atoms with Gasteiger partial charge in [-0.25, -0.2) is 27.9 Å². The number of primary sulfonamides is 1. The molecule has 0 aliphatic carbocycles. The molecule has 1 amide bonds. The third kappa shape index (κ3) is 5.44. The third-order valence-electron chi connectivity index (χ3n) is 4.18. The van der Waals surface area contributed by atoms with Crippen LogP contribution < -0.4 is 16.1 Å². The van der Waals surface area contributed by atoms with Gasteiger partial charge in [-0.2, -0.15) is 0 Å². The van der Waals surface area contributed by atoms with Crippen molar-refractivity contribution >= 4 is 50.3 Å². The number of carbonyl (C=O) groups is 2. The first-order valence-corrected chi connectivity index (χ1v) is 11.0. The molecule has 1 aromatic heterocycles. The van der Waals surface area contributed by atoms with Gasteiger partial charge in [0.1, 0.15) is 17.1 Å². The summed E-state index contributed by atoms with van der Waals surface area (Å²) in [4.78, 5) is 35.5. The number of anilines is 1. The summed E-state index contributed by atoms with van der Waals surface area (Å²) < 4.78 is 38.3. The van der Waals surface area contributed by atoms with Gasteiger partial charge in [-0.05, 0) is 37.3 Å². The Hall–Kier alpha value is -3.41. The van der Waals surface area contributed by atoms with Crippen LogP contribution in [0.1, 0.15) is 22.8 Å². The fraction of sp³-hybridized carbons (Fsp3) is 0.150. The summed E-state index contributed by atoms with van der Waals surface area (Å²) in [6, 6.07) is 9.21. The lowest BCUT2D eigenvalue weighted by atomic mass is 10.1. The zero-order chi connectivity index (χ0) is 23.5. The summed E-state index contributed by atoms with van der Waals surface area (Å²) >= 11 is 5.81. The molecule has 3 N–H and O–H groups in total. The number of amides is 1. The summed E-state index contributed by atoms with van der Waals surface area (Å²) in [6.07, 6.45) is -0.666. The van der Waals surface area contributed by atoms with E-state index in [9.17, 15) is 22.8 Å².